The summed E-state index contributed by atoms with van der Waals surface area (Å²) in [6.45, 7) is 0. The van der Waals surface area contributed by atoms with Crippen molar-refractivity contribution < 1.29 is 9.52 Å². The second-order valence-corrected chi connectivity index (χ2v) is 3.70. The maximum absolute atomic E-state index is 8.91. The van der Waals surface area contributed by atoms with E-state index in [1.165, 1.54) is 12.1 Å². The molecular weight excluding hydrogens is 260 g/mol. The van der Waals surface area contributed by atoms with Gasteiger partial charge in [-0.25, -0.2) is 0 Å². The molecule has 1 N–H and O–H groups in total. The van der Waals surface area contributed by atoms with Crippen LogP contribution in [0.3, 0.4) is 0 Å². The molecule has 0 saturated carbocycles. The number of halogens is 1. The number of azo groups is 1. The van der Waals surface area contributed by atoms with Crippen molar-refractivity contribution in [3.63, 3.8) is 0 Å². The number of furan rings is 1. The minimum Gasteiger partial charge on any atom is -0.481 e. The van der Waals surface area contributed by atoms with Crippen LogP contribution >= 0.6 is 15.9 Å². The van der Waals surface area contributed by atoms with Gasteiger partial charge >= 0.3 is 0 Å². The molecule has 0 bridgehead atoms. The van der Waals surface area contributed by atoms with E-state index < -0.39 is 0 Å². The molecule has 0 spiro atoms. The molecular formula is C10H7BrN2O2. The summed E-state index contributed by atoms with van der Waals surface area (Å²) in [6, 6.07) is 10.3. The summed E-state index contributed by atoms with van der Waals surface area (Å²) in [5.41, 5.74) is 0.717. The maximum Gasteiger partial charge on any atom is 0.283 e. The molecule has 0 saturated heterocycles. The Bertz CT molecular complexity index is 476. The molecule has 2 rings (SSSR count). The van der Waals surface area contributed by atoms with Crippen molar-refractivity contribution in [3.8, 4) is 5.95 Å². The summed E-state index contributed by atoms with van der Waals surface area (Å²) in [6.07, 6.45) is 0. The normalized spacial score (nSPS) is 11.0. The van der Waals surface area contributed by atoms with Gasteiger partial charge in [0.1, 0.15) is 0 Å². The van der Waals surface area contributed by atoms with Crippen molar-refractivity contribution in [2.24, 2.45) is 10.2 Å². The van der Waals surface area contributed by atoms with Gasteiger partial charge in [0, 0.05) is 16.6 Å². The number of aromatic hydroxyl groups is 1. The molecule has 0 aliphatic heterocycles. The Morgan fingerprint density at radius 2 is 1.73 bits per heavy atom. The van der Waals surface area contributed by atoms with Crippen LogP contribution in [-0.2, 0) is 0 Å². The number of hydrogen-bond acceptors (Lipinski definition) is 4. The van der Waals surface area contributed by atoms with Gasteiger partial charge in [0.15, 0.2) is 0 Å². The molecule has 2 aromatic rings. The first-order valence-corrected chi connectivity index (χ1v) is 4.99. The van der Waals surface area contributed by atoms with Gasteiger partial charge in [-0.3, -0.25) is 0 Å². The standard InChI is InChI=1S/C10H7BrN2O2/c11-7-1-3-8(4-2-7)12-13-9-5-6-10(14)15-9/h1-6,14H. The number of nitrogens with zero attached hydrogens (tertiary/aromatic N) is 2. The molecule has 0 amide bonds. The quantitative estimate of drug-likeness (QED) is 0.830. The molecule has 0 aliphatic rings. The van der Waals surface area contributed by atoms with Crippen molar-refractivity contribution in [2.75, 3.05) is 0 Å². The van der Waals surface area contributed by atoms with Crippen LogP contribution < -0.4 is 0 Å². The first kappa shape index (κ1) is 9.92. The van der Waals surface area contributed by atoms with E-state index in [1.807, 2.05) is 24.3 Å². The molecule has 5 heteroatoms. The van der Waals surface area contributed by atoms with Gasteiger partial charge < -0.3 is 9.52 Å². The monoisotopic (exact) mass is 266 g/mol. The van der Waals surface area contributed by atoms with E-state index in [4.69, 9.17) is 9.52 Å². The van der Waals surface area contributed by atoms with Gasteiger partial charge in [-0.15, -0.1) is 10.2 Å². The largest absolute Gasteiger partial charge is 0.481 e. The molecule has 1 aromatic heterocycles. The topological polar surface area (TPSA) is 58.1 Å². The highest BCUT2D eigenvalue weighted by atomic mass is 79.9. The van der Waals surface area contributed by atoms with E-state index >= 15 is 0 Å². The average molecular weight is 267 g/mol. The molecule has 1 aromatic carbocycles. The van der Waals surface area contributed by atoms with Crippen LogP contribution in [0.5, 0.6) is 5.95 Å². The van der Waals surface area contributed by atoms with Crippen LogP contribution in [-0.4, -0.2) is 5.11 Å². The van der Waals surface area contributed by atoms with Gasteiger partial charge in [0.2, 0.25) is 5.88 Å². The van der Waals surface area contributed by atoms with Crippen molar-refractivity contribution >= 4 is 27.5 Å². The maximum atomic E-state index is 8.91. The number of benzene rings is 1. The predicted molar refractivity (Wildman–Crippen MR) is 58.7 cm³/mol. The Balaban J connectivity index is 2.14. The Kier molecular flexibility index (Phi) is 2.82. The van der Waals surface area contributed by atoms with Crippen molar-refractivity contribution in [3.05, 3.63) is 40.9 Å². The highest BCUT2D eigenvalue weighted by Crippen LogP contribution is 2.24. The lowest BCUT2D eigenvalue weighted by molar-refractivity contribution is 0.336. The third-order valence-corrected chi connectivity index (χ3v) is 2.20. The van der Waals surface area contributed by atoms with E-state index in [1.54, 1.807) is 0 Å². The lowest BCUT2D eigenvalue weighted by Crippen LogP contribution is -1.63. The number of rotatable bonds is 2. The van der Waals surface area contributed by atoms with Crippen molar-refractivity contribution in [1.82, 2.24) is 0 Å². The average Bonchev–Trinajstić information content (AvgIpc) is 2.64. The second kappa shape index (κ2) is 4.27. The summed E-state index contributed by atoms with van der Waals surface area (Å²) < 4.78 is 5.80. The minimum absolute atomic E-state index is 0.167. The number of hydrogen-bond donors (Lipinski definition) is 1. The van der Waals surface area contributed by atoms with E-state index in [0.29, 0.717) is 5.69 Å². The molecule has 4 nitrogen and oxygen atoms in total. The molecule has 0 fully saturated rings. The smallest absolute Gasteiger partial charge is 0.283 e. The Morgan fingerprint density at radius 1 is 1.00 bits per heavy atom. The van der Waals surface area contributed by atoms with Gasteiger partial charge in [-0.05, 0) is 24.3 Å². The molecule has 76 valence electrons. The minimum atomic E-state index is -0.167. The Hall–Kier alpha value is -1.62. The highest BCUT2D eigenvalue weighted by Gasteiger charge is 1.96. The first-order chi connectivity index (χ1) is 7.24. The van der Waals surface area contributed by atoms with Crippen molar-refractivity contribution in [2.45, 2.75) is 0 Å². The van der Waals surface area contributed by atoms with Crippen LogP contribution in [0.25, 0.3) is 0 Å². The predicted octanol–water partition coefficient (Wildman–Crippen LogP) is 4.16. The summed E-state index contributed by atoms with van der Waals surface area (Å²) >= 11 is 3.32. The van der Waals surface area contributed by atoms with E-state index in [-0.39, 0.29) is 11.8 Å². The fourth-order valence-electron chi connectivity index (χ4n) is 0.986. The molecule has 1 heterocycles. The summed E-state index contributed by atoms with van der Waals surface area (Å²) in [5.74, 6) is 0.107. The third kappa shape index (κ3) is 2.66. The Labute approximate surface area is 94.4 Å². The van der Waals surface area contributed by atoms with Crippen LogP contribution in [0.2, 0.25) is 0 Å². The zero-order chi connectivity index (χ0) is 10.7. The second-order valence-electron chi connectivity index (χ2n) is 2.79. The lowest BCUT2D eigenvalue weighted by Gasteiger charge is -1.91. The molecule has 15 heavy (non-hydrogen) atoms. The van der Waals surface area contributed by atoms with Gasteiger partial charge in [0.05, 0.1) is 5.69 Å². The van der Waals surface area contributed by atoms with E-state index in [9.17, 15) is 0 Å². The van der Waals surface area contributed by atoms with E-state index in [2.05, 4.69) is 26.2 Å². The SMILES string of the molecule is Oc1ccc(N=Nc2ccc(Br)cc2)o1. The summed E-state index contributed by atoms with van der Waals surface area (Å²) in [7, 11) is 0. The van der Waals surface area contributed by atoms with Gasteiger partial charge in [-0.1, -0.05) is 15.9 Å². The van der Waals surface area contributed by atoms with Crippen LogP contribution in [0, 0.1) is 0 Å². The zero-order valence-corrected chi connectivity index (χ0v) is 9.18. The molecule has 0 aliphatic carbocycles. The van der Waals surface area contributed by atoms with Crippen LogP contribution in [0.15, 0.2) is 55.5 Å². The fourth-order valence-corrected chi connectivity index (χ4v) is 1.25. The molecule has 0 unspecified atom stereocenters. The molecule has 0 atom stereocenters. The fraction of sp³-hybridized carbons (Fsp3) is 0. The van der Waals surface area contributed by atoms with Gasteiger partial charge in [0.25, 0.3) is 5.95 Å². The Morgan fingerprint density at radius 3 is 2.33 bits per heavy atom. The highest BCUT2D eigenvalue weighted by molar-refractivity contribution is 9.10. The van der Waals surface area contributed by atoms with Crippen molar-refractivity contribution in [1.29, 1.82) is 0 Å². The van der Waals surface area contributed by atoms with Crippen LogP contribution in [0.4, 0.5) is 11.6 Å². The first-order valence-electron chi connectivity index (χ1n) is 4.20. The molecule has 0 radical (unpaired) electrons. The zero-order valence-electron chi connectivity index (χ0n) is 7.59. The van der Waals surface area contributed by atoms with Gasteiger partial charge in [-0.2, -0.15) is 0 Å². The summed E-state index contributed by atoms with van der Waals surface area (Å²) in [5, 5.41) is 16.7. The summed E-state index contributed by atoms with van der Waals surface area (Å²) in [4.78, 5) is 0. The third-order valence-electron chi connectivity index (χ3n) is 1.67. The van der Waals surface area contributed by atoms with Crippen LogP contribution in [0.1, 0.15) is 0 Å². The lowest BCUT2D eigenvalue weighted by atomic mass is 10.3. The van der Waals surface area contributed by atoms with E-state index in [0.717, 1.165) is 4.47 Å².